The molecule has 0 saturated carbocycles. The van der Waals surface area contributed by atoms with Crippen molar-refractivity contribution in [3.63, 3.8) is 0 Å². The Morgan fingerprint density at radius 2 is 1.86 bits per heavy atom. The van der Waals surface area contributed by atoms with E-state index < -0.39 is 27.7 Å². The topological polar surface area (TPSA) is 125 Å². The van der Waals surface area contributed by atoms with Gasteiger partial charge < -0.3 is 20.5 Å². The van der Waals surface area contributed by atoms with Crippen molar-refractivity contribution < 1.29 is 27.9 Å². The molecule has 0 heterocycles. The zero-order valence-electron chi connectivity index (χ0n) is 16.9. The molecule has 0 radical (unpaired) electrons. The molecule has 1 rings (SSSR count). The first-order valence-corrected chi connectivity index (χ1v) is 10.6. The van der Waals surface area contributed by atoms with Crippen molar-refractivity contribution >= 4 is 27.8 Å². The first kappa shape index (κ1) is 23.7. The van der Waals surface area contributed by atoms with Gasteiger partial charge in [-0.3, -0.25) is 4.31 Å². The second kappa shape index (κ2) is 9.74. The van der Waals surface area contributed by atoms with Crippen LogP contribution in [0.25, 0.3) is 0 Å². The minimum Gasteiger partial charge on any atom is -0.478 e. The summed E-state index contributed by atoms with van der Waals surface area (Å²) < 4.78 is 29.4. The van der Waals surface area contributed by atoms with Gasteiger partial charge in [-0.2, -0.15) is 0 Å². The van der Waals surface area contributed by atoms with Crippen LogP contribution >= 0.6 is 0 Å². The molecule has 0 aliphatic carbocycles. The van der Waals surface area contributed by atoms with Crippen LogP contribution in [0.15, 0.2) is 18.2 Å². The van der Waals surface area contributed by atoms with Crippen LogP contribution in [-0.2, 0) is 21.3 Å². The highest BCUT2D eigenvalue weighted by Gasteiger charge is 2.20. The number of ether oxygens (including phenoxy) is 1. The van der Waals surface area contributed by atoms with E-state index in [2.05, 4.69) is 10.6 Å². The Hall–Kier alpha value is -2.33. The number of amides is 1. The zero-order chi connectivity index (χ0) is 21.5. The van der Waals surface area contributed by atoms with Gasteiger partial charge in [0.05, 0.1) is 17.5 Å². The van der Waals surface area contributed by atoms with Crippen molar-refractivity contribution in [2.75, 3.05) is 30.7 Å². The Bertz CT molecular complexity index is 802. The van der Waals surface area contributed by atoms with Gasteiger partial charge in [-0.1, -0.05) is 6.07 Å². The Morgan fingerprint density at radius 3 is 2.39 bits per heavy atom. The number of sulfonamides is 1. The molecule has 1 aromatic carbocycles. The Labute approximate surface area is 166 Å². The average molecular weight is 416 g/mol. The lowest BCUT2D eigenvalue weighted by atomic mass is 10.1. The van der Waals surface area contributed by atoms with Gasteiger partial charge in [0.2, 0.25) is 10.0 Å². The molecule has 28 heavy (non-hydrogen) atoms. The number of alkyl carbamates (subject to hydrolysis) is 1. The predicted octanol–water partition coefficient (Wildman–Crippen LogP) is 1.78. The Balaban J connectivity index is 2.54. The molecule has 0 unspecified atom stereocenters. The van der Waals surface area contributed by atoms with Gasteiger partial charge in [-0.25, -0.2) is 18.0 Å². The van der Waals surface area contributed by atoms with Gasteiger partial charge >= 0.3 is 12.1 Å². The van der Waals surface area contributed by atoms with E-state index in [-0.39, 0.29) is 11.3 Å². The molecular formula is C18H29N3O6S. The van der Waals surface area contributed by atoms with E-state index in [1.54, 1.807) is 26.8 Å². The highest BCUT2D eigenvalue weighted by molar-refractivity contribution is 7.92. The van der Waals surface area contributed by atoms with Crippen molar-refractivity contribution in [1.82, 2.24) is 10.6 Å². The van der Waals surface area contributed by atoms with E-state index in [4.69, 9.17) is 4.74 Å². The van der Waals surface area contributed by atoms with Crippen LogP contribution < -0.4 is 14.9 Å². The van der Waals surface area contributed by atoms with Crippen molar-refractivity contribution in [3.8, 4) is 0 Å². The van der Waals surface area contributed by atoms with Gasteiger partial charge in [-0.05, 0) is 51.4 Å². The summed E-state index contributed by atoms with van der Waals surface area (Å²) in [7, 11) is -2.25. The molecule has 0 aliphatic rings. The summed E-state index contributed by atoms with van der Waals surface area (Å²) >= 11 is 0. The van der Waals surface area contributed by atoms with Crippen LogP contribution in [0.5, 0.6) is 0 Å². The summed E-state index contributed by atoms with van der Waals surface area (Å²) in [5.41, 5.74) is 0.198. The number of benzene rings is 1. The second-order valence-corrected chi connectivity index (χ2v) is 9.36. The van der Waals surface area contributed by atoms with Crippen molar-refractivity contribution in [1.29, 1.82) is 0 Å². The summed E-state index contributed by atoms with van der Waals surface area (Å²) in [4.78, 5) is 23.0. The number of anilines is 1. The molecule has 0 saturated heterocycles. The number of nitrogens with one attached hydrogen (secondary N) is 2. The van der Waals surface area contributed by atoms with E-state index in [1.807, 2.05) is 0 Å². The van der Waals surface area contributed by atoms with Crippen LogP contribution in [0.3, 0.4) is 0 Å². The molecule has 10 heteroatoms. The monoisotopic (exact) mass is 415 g/mol. The molecule has 0 fully saturated rings. The first-order chi connectivity index (χ1) is 12.8. The molecule has 0 bridgehead atoms. The average Bonchev–Trinajstić information content (AvgIpc) is 2.54. The molecule has 0 spiro atoms. The van der Waals surface area contributed by atoms with E-state index in [0.717, 1.165) is 10.6 Å². The number of hydrogen-bond acceptors (Lipinski definition) is 6. The minimum atomic E-state index is -3.56. The number of aromatic carboxylic acids is 1. The maximum absolute atomic E-state index is 11.7. The third-order valence-corrected chi connectivity index (χ3v) is 4.85. The molecule has 3 N–H and O–H groups in total. The summed E-state index contributed by atoms with van der Waals surface area (Å²) in [5.74, 6) is -1.20. The number of carbonyl (C=O) groups excluding carboxylic acids is 1. The predicted molar refractivity (Wildman–Crippen MR) is 107 cm³/mol. The molecule has 158 valence electrons. The number of nitrogens with zero attached hydrogens (tertiary/aromatic N) is 1. The van der Waals surface area contributed by atoms with Crippen LogP contribution in [0.2, 0.25) is 0 Å². The Kier molecular flexibility index (Phi) is 8.25. The molecular weight excluding hydrogens is 386 g/mol. The largest absolute Gasteiger partial charge is 0.478 e. The third-order valence-electron chi connectivity index (χ3n) is 3.66. The van der Waals surface area contributed by atoms with Crippen LogP contribution in [-0.4, -0.2) is 57.6 Å². The molecule has 1 amide bonds. The number of hydrogen-bond donors (Lipinski definition) is 3. The maximum atomic E-state index is 11.7. The minimum absolute atomic E-state index is 0.0844. The quantitative estimate of drug-likeness (QED) is 0.525. The lowest BCUT2D eigenvalue weighted by Crippen LogP contribution is -2.33. The summed E-state index contributed by atoms with van der Waals surface area (Å²) in [6.07, 6.45) is 1.21. The normalized spacial score (nSPS) is 11.8. The summed E-state index contributed by atoms with van der Waals surface area (Å²) in [6, 6.07) is 4.60. The maximum Gasteiger partial charge on any atom is 0.407 e. The van der Waals surface area contributed by atoms with Gasteiger partial charge in [0.1, 0.15) is 5.60 Å². The van der Waals surface area contributed by atoms with E-state index in [9.17, 15) is 23.1 Å². The second-order valence-electron chi connectivity index (χ2n) is 7.35. The molecule has 0 aromatic heterocycles. The zero-order valence-corrected chi connectivity index (χ0v) is 17.7. The van der Waals surface area contributed by atoms with Crippen molar-refractivity contribution in [2.45, 2.75) is 39.3 Å². The van der Waals surface area contributed by atoms with E-state index in [0.29, 0.717) is 31.6 Å². The molecule has 0 atom stereocenters. The van der Waals surface area contributed by atoms with E-state index in [1.165, 1.54) is 19.2 Å². The van der Waals surface area contributed by atoms with Crippen molar-refractivity contribution in [2.24, 2.45) is 0 Å². The first-order valence-electron chi connectivity index (χ1n) is 8.79. The van der Waals surface area contributed by atoms with Crippen LogP contribution in [0.4, 0.5) is 10.5 Å². The highest BCUT2D eigenvalue weighted by Crippen LogP contribution is 2.23. The lowest BCUT2D eigenvalue weighted by molar-refractivity contribution is 0.0526. The summed E-state index contributed by atoms with van der Waals surface area (Å²) in [5, 5.41) is 15.2. The molecule has 1 aromatic rings. The number of carbonyl (C=O) groups is 2. The van der Waals surface area contributed by atoms with Gasteiger partial charge in [-0.15, -0.1) is 0 Å². The number of carboxylic acid groups (broad SMARTS) is 1. The lowest BCUT2D eigenvalue weighted by Gasteiger charge is -2.20. The SMILES string of the molecule is CN(c1ccc(CNCCCNC(=O)OC(C)(C)C)cc1C(=O)O)S(C)(=O)=O. The fraction of sp³-hybridized carbons (Fsp3) is 0.556. The van der Waals surface area contributed by atoms with Gasteiger partial charge in [0, 0.05) is 20.1 Å². The number of carboxylic acids is 1. The van der Waals surface area contributed by atoms with E-state index >= 15 is 0 Å². The van der Waals surface area contributed by atoms with Crippen molar-refractivity contribution in [3.05, 3.63) is 29.3 Å². The smallest absolute Gasteiger partial charge is 0.407 e. The van der Waals surface area contributed by atoms with Gasteiger partial charge in [0.25, 0.3) is 0 Å². The van der Waals surface area contributed by atoms with Crippen LogP contribution in [0, 0.1) is 0 Å². The standard InChI is InChI=1S/C18H29N3O6S/c1-18(2,3)27-17(24)20-10-6-9-19-12-13-7-8-15(14(11-13)16(22)23)21(4)28(5,25)26/h7-8,11,19H,6,9-10,12H2,1-5H3,(H,20,24)(H,22,23). The number of rotatable bonds is 9. The third kappa shape index (κ3) is 8.13. The fourth-order valence-electron chi connectivity index (χ4n) is 2.27. The Morgan fingerprint density at radius 1 is 1.21 bits per heavy atom. The summed E-state index contributed by atoms with van der Waals surface area (Å²) in [6.45, 7) is 6.83. The fourth-order valence-corrected chi connectivity index (χ4v) is 2.78. The van der Waals surface area contributed by atoms with Gasteiger partial charge in [0.15, 0.2) is 0 Å². The highest BCUT2D eigenvalue weighted by atomic mass is 32.2. The molecule has 0 aliphatic heterocycles. The molecule has 9 nitrogen and oxygen atoms in total. The van der Waals surface area contributed by atoms with Crippen LogP contribution in [0.1, 0.15) is 43.1 Å².